The van der Waals surface area contributed by atoms with E-state index in [0.717, 1.165) is 43.1 Å². The highest BCUT2D eigenvalue weighted by Gasteiger charge is 2.20. The predicted octanol–water partition coefficient (Wildman–Crippen LogP) is 3.34. The molecule has 0 spiro atoms. The molecule has 5 rings (SSSR count). The summed E-state index contributed by atoms with van der Waals surface area (Å²) < 4.78 is 7.32. The average Bonchev–Trinajstić information content (AvgIpc) is 3.50. The molecule has 0 unspecified atom stereocenters. The first-order valence-electron chi connectivity index (χ1n) is 9.27. The van der Waals surface area contributed by atoms with Crippen LogP contribution in [0.2, 0.25) is 5.02 Å². The fraction of sp³-hybridized carbons (Fsp3) is 0.263. The van der Waals surface area contributed by atoms with E-state index < -0.39 is 0 Å². The molecule has 10 heteroatoms. The summed E-state index contributed by atoms with van der Waals surface area (Å²) in [6, 6.07) is 3.76. The summed E-state index contributed by atoms with van der Waals surface area (Å²) in [5, 5.41) is 4.43. The van der Waals surface area contributed by atoms with Gasteiger partial charge < -0.3 is 9.42 Å². The van der Waals surface area contributed by atoms with Crippen molar-refractivity contribution in [1.82, 2.24) is 34.6 Å². The van der Waals surface area contributed by atoms with E-state index in [0.29, 0.717) is 22.5 Å². The fourth-order valence-electron chi connectivity index (χ4n) is 3.30. The van der Waals surface area contributed by atoms with Crippen LogP contribution in [0.3, 0.4) is 0 Å². The average molecular weight is 409 g/mol. The summed E-state index contributed by atoms with van der Waals surface area (Å²) in [6.07, 6.45) is 9.13. The monoisotopic (exact) mass is 408 g/mol. The second-order valence-corrected chi connectivity index (χ2v) is 7.14. The smallest absolute Gasteiger partial charge is 0.278 e. The van der Waals surface area contributed by atoms with E-state index in [1.807, 2.05) is 29.8 Å². The number of aromatic nitrogens is 7. The maximum atomic E-state index is 6.29. The lowest BCUT2D eigenvalue weighted by Gasteiger charge is -2.15. The quantitative estimate of drug-likeness (QED) is 0.507. The van der Waals surface area contributed by atoms with Crippen molar-refractivity contribution in [3.63, 3.8) is 0 Å². The van der Waals surface area contributed by atoms with Gasteiger partial charge in [0.15, 0.2) is 5.69 Å². The van der Waals surface area contributed by atoms with E-state index in [2.05, 4.69) is 35.0 Å². The Labute approximate surface area is 171 Å². The number of aryl methyl sites for hydroxylation is 1. The van der Waals surface area contributed by atoms with Crippen molar-refractivity contribution in [2.45, 2.75) is 19.8 Å². The molecule has 4 aromatic rings. The van der Waals surface area contributed by atoms with Crippen molar-refractivity contribution in [2.75, 3.05) is 18.0 Å². The maximum Gasteiger partial charge on any atom is 0.278 e. The minimum absolute atomic E-state index is 0.252. The van der Waals surface area contributed by atoms with Crippen LogP contribution < -0.4 is 4.90 Å². The molecule has 0 amide bonds. The molecule has 146 valence electrons. The summed E-state index contributed by atoms with van der Waals surface area (Å²) in [6.45, 7) is 3.79. The molecule has 0 bridgehead atoms. The molecule has 9 nitrogen and oxygen atoms in total. The first kappa shape index (κ1) is 17.7. The number of halogens is 1. The molecule has 5 heterocycles. The Morgan fingerprint density at radius 3 is 2.62 bits per heavy atom. The summed E-state index contributed by atoms with van der Waals surface area (Å²) in [7, 11) is 0. The number of hydrogen-bond donors (Lipinski definition) is 0. The number of pyridine rings is 1. The Morgan fingerprint density at radius 2 is 1.90 bits per heavy atom. The lowest BCUT2D eigenvalue weighted by molar-refractivity contribution is 0.431. The van der Waals surface area contributed by atoms with Crippen molar-refractivity contribution >= 4 is 17.5 Å². The van der Waals surface area contributed by atoms with Gasteiger partial charge >= 0.3 is 0 Å². The van der Waals surface area contributed by atoms with Gasteiger partial charge in [-0.1, -0.05) is 16.8 Å². The maximum absolute atomic E-state index is 6.29. The van der Waals surface area contributed by atoms with Gasteiger partial charge in [0.2, 0.25) is 11.8 Å². The van der Waals surface area contributed by atoms with Crippen molar-refractivity contribution in [3.8, 4) is 28.8 Å². The molecule has 4 aromatic heterocycles. The van der Waals surface area contributed by atoms with Crippen molar-refractivity contribution in [2.24, 2.45) is 0 Å². The van der Waals surface area contributed by atoms with Crippen LogP contribution in [0.4, 0.5) is 5.95 Å². The minimum Gasteiger partial charge on any atom is -0.341 e. The molecule has 1 aliphatic heterocycles. The second kappa shape index (κ2) is 7.25. The lowest BCUT2D eigenvalue weighted by atomic mass is 10.2. The Balaban J connectivity index is 1.44. The summed E-state index contributed by atoms with van der Waals surface area (Å²) in [5.41, 5.74) is 1.16. The van der Waals surface area contributed by atoms with Gasteiger partial charge in [-0.15, -0.1) is 0 Å². The molecule has 0 saturated carbocycles. The fourth-order valence-corrected chi connectivity index (χ4v) is 3.47. The second-order valence-electron chi connectivity index (χ2n) is 6.73. The Bertz CT molecular complexity index is 1150. The zero-order valence-electron chi connectivity index (χ0n) is 15.7. The van der Waals surface area contributed by atoms with Gasteiger partial charge in [-0.05, 0) is 31.9 Å². The molecule has 1 fully saturated rings. The first-order chi connectivity index (χ1) is 14.2. The van der Waals surface area contributed by atoms with Crippen LogP contribution in [-0.2, 0) is 0 Å². The molecule has 0 aliphatic carbocycles. The van der Waals surface area contributed by atoms with E-state index >= 15 is 0 Å². The number of nitrogens with zero attached hydrogens (tertiary/aromatic N) is 8. The molecule has 1 saturated heterocycles. The molecular formula is C19H17ClN8O. The van der Waals surface area contributed by atoms with Crippen molar-refractivity contribution < 1.29 is 4.52 Å². The highest BCUT2D eigenvalue weighted by molar-refractivity contribution is 6.32. The predicted molar refractivity (Wildman–Crippen MR) is 107 cm³/mol. The van der Waals surface area contributed by atoms with Crippen LogP contribution in [0.25, 0.3) is 28.8 Å². The Morgan fingerprint density at radius 1 is 1.03 bits per heavy atom. The minimum atomic E-state index is 0.252. The van der Waals surface area contributed by atoms with Gasteiger partial charge in [-0.3, -0.25) is 4.57 Å². The van der Waals surface area contributed by atoms with Gasteiger partial charge in [0.05, 0.1) is 11.2 Å². The molecule has 29 heavy (non-hydrogen) atoms. The number of rotatable bonds is 4. The highest BCUT2D eigenvalue weighted by atomic mass is 35.5. The Hall–Kier alpha value is -3.33. The standard InChI is InChI=1S/C19H17ClN8O/c1-12-21-6-9-28(12)15-5-4-13(10-22-15)17-25-18(29-26-17)16-14(20)11-23-19(24-16)27-7-2-3-8-27/h4-6,9-11H,2-3,7-8H2,1H3. The summed E-state index contributed by atoms with van der Waals surface area (Å²) in [4.78, 5) is 24.1. The van der Waals surface area contributed by atoms with Crippen LogP contribution >= 0.6 is 11.6 Å². The zero-order chi connectivity index (χ0) is 19.8. The first-order valence-corrected chi connectivity index (χ1v) is 9.65. The largest absolute Gasteiger partial charge is 0.341 e. The van der Waals surface area contributed by atoms with E-state index in [1.54, 1.807) is 18.6 Å². The molecule has 0 N–H and O–H groups in total. The van der Waals surface area contributed by atoms with Crippen LogP contribution in [-0.4, -0.2) is 47.7 Å². The third-order valence-corrected chi connectivity index (χ3v) is 5.10. The van der Waals surface area contributed by atoms with Crippen LogP contribution in [0.15, 0.2) is 41.4 Å². The van der Waals surface area contributed by atoms with Gasteiger partial charge in [-0.2, -0.15) is 4.98 Å². The van der Waals surface area contributed by atoms with E-state index in [1.165, 1.54) is 0 Å². The normalized spacial score (nSPS) is 13.9. The van der Waals surface area contributed by atoms with Crippen LogP contribution in [0.1, 0.15) is 18.7 Å². The van der Waals surface area contributed by atoms with E-state index in [9.17, 15) is 0 Å². The molecule has 0 atom stereocenters. The topological polar surface area (TPSA) is 98.7 Å². The molecule has 1 aliphatic rings. The molecule has 0 radical (unpaired) electrons. The van der Waals surface area contributed by atoms with Crippen molar-refractivity contribution in [1.29, 1.82) is 0 Å². The third-order valence-electron chi connectivity index (χ3n) is 4.83. The highest BCUT2D eigenvalue weighted by Crippen LogP contribution is 2.28. The number of imidazole rings is 1. The molecular weight excluding hydrogens is 392 g/mol. The number of anilines is 1. The van der Waals surface area contributed by atoms with E-state index in [4.69, 9.17) is 16.1 Å². The van der Waals surface area contributed by atoms with E-state index in [-0.39, 0.29) is 5.89 Å². The number of hydrogen-bond acceptors (Lipinski definition) is 8. The van der Waals surface area contributed by atoms with Gasteiger partial charge in [0.25, 0.3) is 5.89 Å². The summed E-state index contributed by atoms with van der Waals surface area (Å²) in [5.74, 6) is 2.92. The van der Waals surface area contributed by atoms with Crippen molar-refractivity contribution in [3.05, 3.63) is 47.8 Å². The summed E-state index contributed by atoms with van der Waals surface area (Å²) >= 11 is 6.29. The Kier molecular flexibility index (Phi) is 4.44. The lowest BCUT2D eigenvalue weighted by Crippen LogP contribution is -2.20. The molecule has 0 aromatic carbocycles. The van der Waals surface area contributed by atoms with Gasteiger partial charge in [0.1, 0.15) is 11.6 Å². The SMILES string of the molecule is Cc1nccn1-c1ccc(-c2noc(-c3nc(N4CCCC4)ncc3Cl)n2)cn1. The van der Waals surface area contributed by atoms with Crippen LogP contribution in [0, 0.1) is 6.92 Å². The van der Waals surface area contributed by atoms with Gasteiger partial charge in [0, 0.05) is 37.2 Å². The third kappa shape index (κ3) is 3.33. The van der Waals surface area contributed by atoms with Gasteiger partial charge in [-0.25, -0.2) is 19.9 Å². The van der Waals surface area contributed by atoms with Crippen LogP contribution in [0.5, 0.6) is 0 Å². The zero-order valence-corrected chi connectivity index (χ0v) is 16.4.